The predicted octanol–water partition coefficient (Wildman–Crippen LogP) is 9.69. The zero-order valence-electron chi connectivity index (χ0n) is 26.7. The van der Waals surface area contributed by atoms with Gasteiger partial charge in [0.25, 0.3) is 0 Å². The molecule has 42 heavy (non-hydrogen) atoms. The molecule has 0 radical (unpaired) electrons. The van der Waals surface area contributed by atoms with Crippen LogP contribution >= 0.6 is 0 Å². The first-order chi connectivity index (χ1) is 20.1. The molecular formula is C36H57NO4S. The first-order valence-electron chi connectivity index (χ1n) is 15.9. The molecule has 0 N–H and O–H groups in total. The quantitative estimate of drug-likeness (QED) is 0.0585. The second-order valence-electron chi connectivity index (χ2n) is 11.7. The van der Waals surface area contributed by atoms with Crippen molar-refractivity contribution in [2.75, 3.05) is 20.7 Å². The molecule has 0 atom stereocenters. The van der Waals surface area contributed by atoms with Gasteiger partial charge in [-0.15, -0.1) is 0 Å². The summed E-state index contributed by atoms with van der Waals surface area (Å²) in [4.78, 5) is 0. The van der Waals surface area contributed by atoms with Gasteiger partial charge in [0.05, 0.1) is 20.7 Å². The smallest absolute Gasteiger partial charge is 0.217 e. The van der Waals surface area contributed by atoms with Crippen LogP contribution in [0.3, 0.4) is 0 Å². The van der Waals surface area contributed by atoms with Crippen LogP contribution < -0.4 is 0 Å². The third-order valence-electron chi connectivity index (χ3n) is 7.82. The lowest BCUT2D eigenvalue weighted by Gasteiger charge is -2.35. The van der Waals surface area contributed by atoms with E-state index in [-0.39, 0.29) is 0 Å². The Hall–Kier alpha value is -2.25. The highest BCUT2D eigenvalue weighted by Gasteiger charge is 2.22. The molecule has 0 amide bonds. The van der Waals surface area contributed by atoms with E-state index in [0.717, 1.165) is 24.7 Å². The molecule has 0 aliphatic heterocycles. The van der Waals surface area contributed by atoms with Gasteiger partial charge in [0.1, 0.15) is 13.1 Å². The molecule has 0 bridgehead atoms. The van der Waals surface area contributed by atoms with E-state index in [9.17, 15) is 13.0 Å². The lowest BCUT2D eigenvalue weighted by atomic mass is 10.0. The zero-order valence-corrected chi connectivity index (χ0v) is 27.5. The fourth-order valence-corrected chi connectivity index (χ4v) is 5.30. The maximum atomic E-state index is 9.22. The number of hydrogen-bond donors (Lipinski definition) is 0. The van der Waals surface area contributed by atoms with Gasteiger partial charge in [-0.25, -0.2) is 8.42 Å². The van der Waals surface area contributed by atoms with E-state index >= 15 is 0 Å². The van der Waals surface area contributed by atoms with Crippen LogP contribution in [-0.4, -0.2) is 38.2 Å². The Morgan fingerprint density at radius 3 is 1.26 bits per heavy atom. The van der Waals surface area contributed by atoms with Crippen molar-refractivity contribution in [1.82, 2.24) is 0 Å². The second-order valence-corrected chi connectivity index (χ2v) is 12.9. The van der Waals surface area contributed by atoms with E-state index in [1.165, 1.54) is 119 Å². The van der Waals surface area contributed by atoms with Crippen LogP contribution in [0.1, 0.15) is 119 Å². The molecule has 0 fully saturated rings. The number of hydrogen-bond acceptors (Lipinski definition) is 4. The molecule has 236 valence electrons. The fourth-order valence-electron chi connectivity index (χ4n) is 5.30. The predicted molar refractivity (Wildman–Crippen MR) is 179 cm³/mol. The minimum absolute atomic E-state index is 0.808. The molecule has 0 saturated heterocycles. The molecule has 0 unspecified atom stereocenters. The van der Waals surface area contributed by atoms with Crippen molar-refractivity contribution in [3.63, 3.8) is 0 Å². The highest BCUT2D eigenvalue weighted by Crippen LogP contribution is 2.21. The van der Waals surface area contributed by atoms with E-state index < -0.39 is 10.4 Å². The van der Waals surface area contributed by atoms with Crippen LogP contribution in [0.4, 0.5) is 0 Å². The average molecular weight is 600 g/mol. The van der Waals surface area contributed by atoms with Crippen molar-refractivity contribution in [2.45, 2.75) is 110 Å². The monoisotopic (exact) mass is 599 g/mol. The maximum absolute atomic E-state index is 9.22. The Kier molecular flexibility index (Phi) is 20.1. The first kappa shape index (κ1) is 37.8. The summed E-state index contributed by atoms with van der Waals surface area (Å²) in [6.07, 6.45) is 23.6. The molecule has 2 aromatic rings. The van der Waals surface area contributed by atoms with Gasteiger partial charge < -0.3 is 9.04 Å². The Bertz CT molecular complexity index is 1020. The van der Waals surface area contributed by atoms with Crippen LogP contribution in [0.15, 0.2) is 61.7 Å². The lowest BCUT2D eigenvalue weighted by molar-refractivity contribution is -0.935. The highest BCUT2D eigenvalue weighted by molar-refractivity contribution is 7.80. The molecule has 2 aromatic carbocycles. The molecule has 0 aromatic heterocycles. The largest absolute Gasteiger partial charge is 0.726 e. The number of nitrogens with zero attached hydrogens (tertiary/aromatic N) is 1. The Balaban J connectivity index is 0.00000132. The van der Waals surface area contributed by atoms with Crippen LogP contribution in [0.5, 0.6) is 0 Å². The summed E-state index contributed by atoms with van der Waals surface area (Å²) >= 11 is 0. The van der Waals surface area contributed by atoms with Crippen LogP contribution in [0.2, 0.25) is 0 Å². The van der Waals surface area contributed by atoms with Gasteiger partial charge in [-0.05, 0) is 24.0 Å². The normalized spacial score (nSPS) is 11.5. The molecule has 2 rings (SSSR count). The van der Waals surface area contributed by atoms with Crippen molar-refractivity contribution in [2.24, 2.45) is 0 Å². The van der Waals surface area contributed by atoms with E-state index in [4.69, 9.17) is 0 Å². The van der Waals surface area contributed by atoms with E-state index in [1.54, 1.807) is 0 Å². The topological polar surface area (TPSA) is 66.4 Å². The zero-order chi connectivity index (χ0) is 31.1. The van der Waals surface area contributed by atoms with Crippen molar-refractivity contribution in [1.29, 1.82) is 0 Å². The lowest BCUT2D eigenvalue weighted by Crippen LogP contribution is -2.43. The molecule has 0 spiro atoms. The average Bonchev–Trinajstić information content (AvgIpc) is 2.98. The third-order valence-corrected chi connectivity index (χ3v) is 8.22. The Morgan fingerprint density at radius 2 is 0.976 bits per heavy atom. The molecule has 6 heteroatoms. The molecule has 0 aliphatic carbocycles. The van der Waals surface area contributed by atoms with Gasteiger partial charge >= 0.3 is 0 Å². The van der Waals surface area contributed by atoms with Gasteiger partial charge in [-0.1, -0.05) is 158 Å². The first-order valence-corrected chi connectivity index (χ1v) is 17.3. The minimum Gasteiger partial charge on any atom is -0.726 e. The van der Waals surface area contributed by atoms with Crippen molar-refractivity contribution < 1.29 is 21.6 Å². The molecule has 5 nitrogen and oxygen atoms in total. The summed E-state index contributed by atoms with van der Waals surface area (Å²) in [5, 5.41) is 0. The number of unbranched alkanes of at least 4 members (excludes halogenated alkanes) is 13. The van der Waals surface area contributed by atoms with Gasteiger partial charge in [-0.2, -0.15) is 0 Å². The van der Waals surface area contributed by atoms with E-state index in [0.29, 0.717) is 0 Å². The summed E-state index contributed by atoms with van der Waals surface area (Å²) in [6.45, 7) is 13.5. The van der Waals surface area contributed by atoms with Crippen molar-refractivity contribution in [3.8, 4) is 0 Å². The third kappa shape index (κ3) is 19.0. The summed E-state index contributed by atoms with van der Waals surface area (Å²) < 4.78 is 32.1. The van der Waals surface area contributed by atoms with E-state index in [1.807, 2.05) is 12.2 Å². The van der Waals surface area contributed by atoms with Crippen molar-refractivity contribution >= 4 is 22.6 Å². The number of benzene rings is 2. The van der Waals surface area contributed by atoms with Gasteiger partial charge in [0.2, 0.25) is 10.4 Å². The number of rotatable bonds is 22. The van der Waals surface area contributed by atoms with Gasteiger partial charge in [-0.3, -0.25) is 4.18 Å². The Labute approximate surface area is 258 Å². The Morgan fingerprint density at radius 1 is 0.667 bits per heavy atom. The number of quaternary nitrogens is 1. The van der Waals surface area contributed by atoms with E-state index in [2.05, 4.69) is 79.8 Å². The molecule has 0 heterocycles. The minimum atomic E-state index is -4.41. The second kappa shape index (κ2) is 22.3. The van der Waals surface area contributed by atoms with Crippen LogP contribution in [0.25, 0.3) is 12.2 Å². The summed E-state index contributed by atoms with van der Waals surface area (Å²) in [5.74, 6) is 0. The van der Waals surface area contributed by atoms with Crippen molar-refractivity contribution in [3.05, 3.63) is 83.9 Å². The highest BCUT2D eigenvalue weighted by atomic mass is 32.3. The molecular weight excluding hydrogens is 542 g/mol. The van der Waals surface area contributed by atoms with Crippen LogP contribution in [-0.2, 0) is 27.7 Å². The molecule has 0 aliphatic rings. The summed E-state index contributed by atoms with van der Waals surface area (Å²) in [5.41, 5.74) is 5.22. The maximum Gasteiger partial charge on any atom is 0.217 e. The fraction of sp³-hybridized carbons (Fsp3) is 0.556. The SMILES string of the molecule is C=Cc1ccc(C[N+](C)(CCCCCCCCCCCCCCCC)Cc2ccc(C=C)cc2)cc1.COS(=O)(=O)[O-]. The summed E-state index contributed by atoms with van der Waals surface area (Å²) in [6, 6.07) is 17.9. The molecule has 0 saturated carbocycles. The standard InChI is InChI=1S/C35H54N.CH4O4S/c1-5-8-9-10-11-12-13-14-15-16-17-18-19-20-29-36(4,30-34-25-21-32(6-2)22-26-34)31-35-27-23-33(7-3)24-28-35;1-5-6(2,3)4/h6-7,21-28H,2-3,5,8-20,29-31H2,1,4H3;1H3,(H,2,3,4)/q+1;/p-1. The van der Waals surface area contributed by atoms with Gasteiger partial charge in [0.15, 0.2) is 0 Å². The summed E-state index contributed by atoms with van der Waals surface area (Å²) in [7, 11) is -1.17. The van der Waals surface area contributed by atoms with Gasteiger partial charge in [0, 0.05) is 11.1 Å². The van der Waals surface area contributed by atoms with Crippen LogP contribution in [0, 0.1) is 0 Å².